The van der Waals surface area contributed by atoms with Crippen LogP contribution in [0.2, 0.25) is 0 Å². The number of ether oxygens (including phenoxy) is 15. The van der Waals surface area contributed by atoms with Crippen LogP contribution in [0.3, 0.4) is 0 Å². The Balaban J connectivity index is 0.997. The number of hydrogen-bond donors (Lipinski definition) is 0. The Morgan fingerprint density at radius 3 is 1.01 bits per heavy atom. The van der Waals surface area contributed by atoms with Crippen LogP contribution >= 0.6 is 0 Å². The minimum Gasteiger partial charge on any atom is -0.463 e. The van der Waals surface area contributed by atoms with Gasteiger partial charge in [0.15, 0.2) is 31.1 Å². The van der Waals surface area contributed by atoms with Crippen molar-refractivity contribution in [2.75, 3.05) is 19.8 Å². The summed E-state index contributed by atoms with van der Waals surface area (Å²) in [6.45, 7) is 2.81. The summed E-state index contributed by atoms with van der Waals surface area (Å²) in [5.74, 6) is -4.22. The molecule has 2 amide bonds. The molecule has 0 radical (unpaired) electrons. The molecule has 21 heteroatoms. The smallest absolute Gasteiger partial charge is 0.303 e. The van der Waals surface area contributed by atoms with E-state index in [0.717, 1.165) is 52.1 Å². The molecular formula is C89H89NO20. The van der Waals surface area contributed by atoms with Crippen LogP contribution in [0, 0.1) is 0 Å². The van der Waals surface area contributed by atoms with E-state index in [2.05, 4.69) is 0 Å². The molecule has 0 aromatic heterocycles. The van der Waals surface area contributed by atoms with Gasteiger partial charge in [-0.1, -0.05) is 273 Å². The molecule has 0 aliphatic carbocycles. The van der Waals surface area contributed by atoms with E-state index in [1.165, 1.54) is 6.92 Å². The Kier molecular flexibility index (Phi) is 27.6. The van der Waals surface area contributed by atoms with Crippen molar-refractivity contribution in [3.63, 3.8) is 0 Å². The van der Waals surface area contributed by atoms with Gasteiger partial charge in [-0.05, 0) is 50.1 Å². The van der Waals surface area contributed by atoms with E-state index in [9.17, 15) is 14.4 Å². The summed E-state index contributed by atoms with van der Waals surface area (Å²) in [4.78, 5) is 74.1. The van der Waals surface area contributed by atoms with Crippen molar-refractivity contribution in [3.05, 3.63) is 323 Å². The number of nitrogens with zero attached hydrogens (tertiary/aromatic N) is 1. The van der Waals surface area contributed by atoms with Gasteiger partial charge in [0.1, 0.15) is 67.6 Å². The molecule has 13 rings (SSSR count). The van der Waals surface area contributed by atoms with Gasteiger partial charge in [0, 0.05) is 20.8 Å². The molecule has 110 heavy (non-hydrogen) atoms. The van der Waals surface area contributed by atoms with Crippen molar-refractivity contribution in [1.82, 2.24) is 4.90 Å². The van der Waals surface area contributed by atoms with Crippen molar-refractivity contribution in [1.29, 1.82) is 0 Å². The molecule has 0 spiro atoms. The second-order valence-electron chi connectivity index (χ2n) is 27.1. The Hall–Kier alpha value is -10.2. The Morgan fingerprint density at radius 2 is 0.609 bits per heavy atom. The van der Waals surface area contributed by atoms with Crippen molar-refractivity contribution < 1.29 is 95.0 Å². The first-order chi connectivity index (χ1) is 53.9. The van der Waals surface area contributed by atoms with Crippen LogP contribution in [-0.2, 0) is 141 Å². The maximum absolute atomic E-state index is 16.2. The molecule has 15 atom stereocenters. The van der Waals surface area contributed by atoms with Gasteiger partial charge >= 0.3 is 17.9 Å². The summed E-state index contributed by atoms with van der Waals surface area (Å²) in [6, 6.07) is 82.6. The molecule has 4 heterocycles. The average molecular weight is 1490 g/mol. The second kappa shape index (κ2) is 38.9. The molecule has 9 aromatic rings. The summed E-state index contributed by atoms with van der Waals surface area (Å²) < 4.78 is 105. The maximum atomic E-state index is 16.2. The predicted molar refractivity (Wildman–Crippen MR) is 402 cm³/mol. The van der Waals surface area contributed by atoms with E-state index in [0.29, 0.717) is 16.7 Å². The molecular weight excluding hydrogens is 1400 g/mol. The molecule has 0 N–H and O–H groups in total. The normalized spacial score (nSPS) is 24.7. The zero-order chi connectivity index (χ0) is 76.0. The lowest BCUT2D eigenvalue weighted by molar-refractivity contribution is -0.390. The number of carbonyl (C=O) groups is 5. The van der Waals surface area contributed by atoms with Gasteiger partial charge in [-0.3, -0.25) is 28.9 Å². The Labute approximate surface area is 639 Å². The third kappa shape index (κ3) is 20.4. The lowest BCUT2D eigenvalue weighted by Crippen LogP contribution is -2.70. The van der Waals surface area contributed by atoms with E-state index in [1.807, 2.05) is 212 Å². The molecule has 9 aromatic carbocycles. The highest BCUT2D eigenvalue weighted by Crippen LogP contribution is 2.44. The van der Waals surface area contributed by atoms with Crippen LogP contribution in [0.5, 0.6) is 0 Å². The molecule has 21 nitrogen and oxygen atoms in total. The summed E-state index contributed by atoms with van der Waals surface area (Å²) in [6.07, 6.45) is -19.8. The van der Waals surface area contributed by atoms with E-state index >= 15 is 9.59 Å². The van der Waals surface area contributed by atoms with E-state index < -0.39 is 128 Å². The fourth-order valence-electron chi connectivity index (χ4n) is 14.0. The molecule has 570 valence electrons. The minimum atomic E-state index is -1.95. The van der Waals surface area contributed by atoms with E-state index in [1.54, 1.807) is 60.7 Å². The number of esters is 3. The summed E-state index contributed by atoms with van der Waals surface area (Å²) in [5.41, 5.74) is 6.47. The highest BCUT2D eigenvalue weighted by atomic mass is 16.8. The number of carbonyl (C=O) groups excluding carboxylic acids is 5. The van der Waals surface area contributed by atoms with Crippen LogP contribution in [0.25, 0.3) is 11.1 Å². The molecule has 3 saturated heterocycles. The van der Waals surface area contributed by atoms with Crippen molar-refractivity contribution >= 4 is 40.9 Å². The van der Waals surface area contributed by atoms with Gasteiger partial charge in [-0.15, -0.1) is 0 Å². The van der Waals surface area contributed by atoms with Crippen molar-refractivity contribution in [2.45, 2.75) is 159 Å². The fourth-order valence-corrected chi connectivity index (χ4v) is 14.0. The molecule has 4 aliphatic heterocycles. The fraction of sp³-hybridized carbons (Fsp3) is 0.315. The van der Waals surface area contributed by atoms with Crippen LogP contribution in [0.1, 0.15) is 70.8 Å². The second-order valence-corrected chi connectivity index (χ2v) is 27.1. The standard InChI is InChI=1S/C89H89NO20/c1-59(91)98-58-73-78(104-60(2)92)80(105-61(3)93)76(90-85(94)74(69-45-27-11-28-46-69)75(86(90)95)70-47-29-12-30-48-70)87(106-73)110-82-77(99-51-64-35-17-6-18-36-64)71(56-96-49-62-31-13-4-14-32-62)108-89(84(82)102-54-67-41-23-9-24-42-67)109-79-72(57-97-50-63-33-15-5-16-34-63)107-88(103-55-68-43-25-10-26-44-68)83(101-53-66-39-21-8-22-40-66)81(79)100-52-65-37-19-7-20-38-65/h4-48,71-73,76-84,87-89H,49-58H2,1-3H3/t71-,72-,73-,76-,77+,78-,79-,80-,81+,82+,83-,84-,87+,88-,89+/m1/s1. The number of hydrogen-bond acceptors (Lipinski definition) is 20. The van der Waals surface area contributed by atoms with Crippen LogP contribution in [-0.4, -0.2) is 146 Å². The summed E-state index contributed by atoms with van der Waals surface area (Å²) in [7, 11) is 0. The van der Waals surface area contributed by atoms with Gasteiger partial charge in [0.2, 0.25) is 0 Å². The Bertz CT molecular complexity index is 4340. The first-order valence-corrected chi connectivity index (χ1v) is 36.9. The van der Waals surface area contributed by atoms with Gasteiger partial charge in [-0.2, -0.15) is 0 Å². The highest BCUT2D eigenvalue weighted by molar-refractivity contribution is 6.49. The molecule has 3 fully saturated rings. The third-order valence-corrected chi connectivity index (χ3v) is 19.2. The van der Waals surface area contributed by atoms with Crippen molar-refractivity contribution in [3.8, 4) is 0 Å². The lowest BCUT2D eigenvalue weighted by atomic mass is 9.93. The molecule has 4 aliphatic rings. The van der Waals surface area contributed by atoms with E-state index in [4.69, 9.17) is 71.1 Å². The number of amides is 2. The van der Waals surface area contributed by atoms with Gasteiger partial charge in [0.25, 0.3) is 11.8 Å². The van der Waals surface area contributed by atoms with E-state index in [-0.39, 0.29) is 70.6 Å². The SMILES string of the molecule is CC(=O)OC[C@H]1O[C@@H](O[C@H]2[C@@H](OCc3ccccc3)[C@@H](COCc3ccccc3)O[C@@H](O[C@H]3[C@H](OCc4ccccc4)[C@@H](OCc4ccccc4)[C@H](OCc4ccccc4)O[C@@H]3COCc3ccccc3)[C@@H]2OCc2ccccc2)[C@H](N2C(=O)C(c3ccccc3)=C(c3ccccc3)C2=O)[C@@H](OC(C)=O)[C@@H]1OC(C)=O. The Morgan fingerprint density at radius 1 is 0.300 bits per heavy atom. The van der Waals surface area contributed by atoms with Crippen LogP contribution in [0.15, 0.2) is 273 Å². The molecule has 0 bridgehead atoms. The first kappa shape index (κ1) is 77.9. The molecule has 0 unspecified atom stereocenters. The minimum absolute atomic E-state index is 0.00343. The first-order valence-electron chi connectivity index (χ1n) is 36.9. The maximum Gasteiger partial charge on any atom is 0.303 e. The summed E-state index contributed by atoms with van der Waals surface area (Å²) >= 11 is 0. The zero-order valence-electron chi connectivity index (χ0n) is 61.3. The summed E-state index contributed by atoms with van der Waals surface area (Å²) in [5, 5.41) is 0. The van der Waals surface area contributed by atoms with Gasteiger partial charge in [0.05, 0.1) is 70.6 Å². The molecule has 0 saturated carbocycles. The van der Waals surface area contributed by atoms with Gasteiger partial charge in [-0.25, -0.2) is 0 Å². The topological polar surface area (TPSA) is 227 Å². The number of benzene rings is 9. The largest absolute Gasteiger partial charge is 0.463 e. The lowest BCUT2D eigenvalue weighted by Gasteiger charge is -2.52. The van der Waals surface area contributed by atoms with Crippen LogP contribution in [0.4, 0.5) is 0 Å². The monoisotopic (exact) mass is 1490 g/mol. The quantitative estimate of drug-likeness (QED) is 0.0207. The number of rotatable bonds is 34. The highest BCUT2D eigenvalue weighted by Gasteiger charge is 2.61. The number of imide groups is 1. The predicted octanol–water partition coefficient (Wildman–Crippen LogP) is 12.7. The third-order valence-electron chi connectivity index (χ3n) is 19.2. The average Bonchev–Trinajstić information content (AvgIpc) is 1.52. The van der Waals surface area contributed by atoms with Crippen LogP contribution < -0.4 is 0 Å². The van der Waals surface area contributed by atoms with Crippen molar-refractivity contribution in [2.24, 2.45) is 0 Å². The van der Waals surface area contributed by atoms with Gasteiger partial charge < -0.3 is 71.1 Å². The zero-order valence-corrected chi connectivity index (χ0v) is 61.3.